The normalized spacial score (nSPS) is 11.6. The highest BCUT2D eigenvalue weighted by Gasteiger charge is 2.12. The molecular weight excluding hydrogens is 342 g/mol. The molecule has 5 nitrogen and oxygen atoms in total. The molecule has 2 aromatic carbocycles. The third-order valence-electron chi connectivity index (χ3n) is 3.94. The zero-order valence-corrected chi connectivity index (χ0v) is 14.9. The van der Waals surface area contributed by atoms with E-state index in [2.05, 4.69) is 10.6 Å². The fraction of sp³-hybridized carbons (Fsp3) is 0.316. The summed E-state index contributed by atoms with van der Waals surface area (Å²) in [5, 5.41) is 5.42. The van der Waals surface area contributed by atoms with Gasteiger partial charge in [0.2, 0.25) is 0 Å². The number of hydrogen-bond donors (Lipinski definition) is 2. The van der Waals surface area contributed by atoms with Gasteiger partial charge in [0.15, 0.2) is 23.1 Å². The summed E-state index contributed by atoms with van der Waals surface area (Å²) in [6.45, 7) is 2.10. The van der Waals surface area contributed by atoms with Gasteiger partial charge in [0.1, 0.15) is 0 Å². The lowest BCUT2D eigenvalue weighted by Crippen LogP contribution is -2.38. The van der Waals surface area contributed by atoms with Crippen molar-refractivity contribution >= 4 is 6.03 Å². The summed E-state index contributed by atoms with van der Waals surface area (Å²) in [5.41, 5.74) is 1.47. The van der Waals surface area contributed by atoms with Crippen LogP contribution in [-0.4, -0.2) is 26.8 Å². The molecule has 1 atom stereocenters. The lowest BCUT2D eigenvalue weighted by Gasteiger charge is -2.15. The molecule has 0 fully saturated rings. The summed E-state index contributed by atoms with van der Waals surface area (Å²) in [6, 6.07) is 8.26. The van der Waals surface area contributed by atoms with Crippen LogP contribution in [0.3, 0.4) is 0 Å². The van der Waals surface area contributed by atoms with Gasteiger partial charge in [0.25, 0.3) is 0 Å². The summed E-state index contributed by atoms with van der Waals surface area (Å²) >= 11 is 0. The maximum absolute atomic E-state index is 13.3. The molecule has 0 saturated carbocycles. The Balaban J connectivity index is 1.84. The van der Waals surface area contributed by atoms with E-state index in [0.717, 1.165) is 17.7 Å². The largest absolute Gasteiger partial charge is 0.493 e. The Morgan fingerprint density at radius 1 is 1.04 bits per heavy atom. The van der Waals surface area contributed by atoms with Crippen LogP contribution >= 0.6 is 0 Å². The van der Waals surface area contributed by atoms with E-state index in [1.165, 1.54) is 6.07 Å². The van der Waals surface area contributed by atoms with Crippen molar-refractivity contribution in [2.75, 3.05) is 20.8 Å². The molecular formula is C19H22F2N2O3. The number of benzene rings is 2. The Labute approximate surface area is 151 Å². The third kappa shape index (κ3) is 5.08. The molecule has 0 radical (unpaired) electrons. The van der Waals surface area contributed by atoms with Crippen LogP contribution < -0.4 is 20.1 Å². The molecule has 0 aliphatic rings. The molecule has 0 heterocycles. The number of carbonyl (C=O) groups excluding carboxylic acids is 1. The average Bonchev–Trinajstić information content (AvgIpc) is 2.63. The Morgan fingerprint density at radius 2 is 1.77 bits per heavy atom. The summed E-state index contributed by atoms with van der Waals surface area (Å²) in [7, 11) is 3.13. The van der Waals surface area contributed by atoms with Gasteiger partial charge in [-0.25, -0.2) is 13.6 Å². The SMILES string of the molecule is COc1ccc(CCNC(=O)N[C@@H](C)c2ccc(F)c(F)c2)cc1OC. The number of urea groups is 1. The molecule has 7 heteroatoms. The zero-order chi connectivity index (χ0) is 19.1. The van der Waals surface area contributed by atoms with Gasteiger partial charge in [0, 0.05) is 6.54 Å². The maximum atomic E-state index is 13.3. The van der Waals surface area contributed by atoms with Gasteiger partial charge in [-0.15, -0.1) is 0 Å². The van der Waals surface area contributed by atoms with E-state index in [9.17, 15) is 13.6 Å². The van der Waals surface area contributed by atoms with Gasteiger partial charge in [-0.2, -0.15) is 0 Å². The highest BCUT2D eigenvalue weighted by molar-refractivity contribution is 5.74. The van der Waals surface area contributed by atoms with E-state index < -0.39 is 17.7 Å². The Kier molecular flexibility index (Phi) is 6.77. The molecule has 2 rings (SSSR count). The molecule has 0 aliphatic heterocycles. The monoisotopic (exact) mass is 364 g/mol. The fourth-order valence-corrected chi connectivity index (χ4v) is 2.47. The Morgan fingerprint density at radius 3 is 2.42 bits per heavy atom. The second-order valence-corrected chi connectivity index (χ2v) is 5.73. The summed E-state index contributed by atoms with van der Waals surface area (Å²) in [5.74, 6) is -0.589. The number of nitrogens with one attached hydrogen (secondary N) is 2. The minimum Gasteiger partial charge on any atom is -0.493 e. The number of carbonyl (C=O) groups is 1. The molecule has 0 saturated heterocycles. The van der Waals surface area contributed by atoms with Gasteiger partial charge in [-0.1, -0.05) is 12.1 Å². The van der Waals surface area contributed by atoms with Crippen LogP contribution in [-0.2, 0) is 6.42 Å². The second kappa shape index (κ2) is 9.03. The first-order valence-electron chi connectivity index (χ1n) is 8.14. The van der Waals surface area contributed by atoms with Crippen LogP contribution in [0.25, 0.3) is 0 Å². The van der Waals surface area contributed by atoms with E-state index >= 15 is 0 Å². The second-order valence-electron chi connectivity index (χ2n) is 5.73. The summed E-state index contributed by atoms with van der Waals surface area (Å²) in [4.78, 5) is 12.0. The molecule has 0 aromatic heterocycles. The lowest BCUT2D eigenvalue weighted by atomic mass is 10.1. The highest BCUT2D eigenvalue weighted by atomic mass is 19.2. The van der Waals surface area contributed by atoms with Crippen LogP contribution in [0.15, 0.2) is 36.4 Å². The van der Waals surface area contributed by atoms with Crippen molar-refractivity contribution in [3.63, 3.8) is 0 Å². The topological polar surface area (TPSA) is 59.6 Å². The van der Waals surface area contributed by atoms with Crippen molar-refractivity contribution in [2.24, 2.45) is 0 Å². The van der Waals surface area contributed by atoms with Crippen molar-refractivity contribution in [2.45, 2.75) is 19.4 Å². The van der Waals surface area contributed by atoms with Crippen LogP contribution in [0.5, 0.6) is 11.5 Å². The van der Waals surface area contributed by atoms with Crippen LogP contribution in [0.4, 0.5) is 13.6 Å². The molecule has 0 bridgehead atoms. The quantitative estimate of drug-likeness (QED) is 0.789. The first-order chi connectivity index (χ1) is 12.4. The number of rotatable bonds is 7. The van der Waals surface area contributed by atoms with Crippen LogP contribution in [0, 0.1) is 11.6 Å². The lowest BCUT2D eigenvalue weighted by molar-refractivity contribution is 0.238. The van der Waals surface area contributed by atoms with Gasteiger partial charge in [-0.3, -0.25) is 0 Å². The number of amides is 2. The Hall–Kier alpha value is -2.83. The molecule has 0 unspecified atom stereocenters. The number of ether oxygens (including phenoxy) is 2. The molecule has 140 valence electrons. The first kappa shape index (κ1) is 19.5. The van der Waals surface area contributed by atoms with Crippen molar-refractivity contribution in [1.29, 1.82) is 0 Å². The van der Waals surface area contributed by atoms with E-state index in [1.54, 1.807) is 27.2 Å². The van der Waals surface area contributed by atoms with E-state index in [1.807, 2.05) is 12.1 Å². The molecule has 2 aromatic rings. The number of hydrogen-bond acceptors (Lipinski definition) is 3. The van der Waals surface area contributed by atoms with Crippen LogP contribution in [0.2, 0.25) is 0 Å². The van der Waals surface area contributed by atoms with Gasteiger partial charge >= 0.3 is 6.03 Å². The molecule has 0 spiro atoms. The predicted octanol–water partition coefficient (Wildman–Crippen LogP) is 3.58. The van der Waals surface area contributed by atoms with Crippen molar-refractivity contribution in [3.05, 3.63) is 59.2 Å². The molecule has 0 aliphatic carbocycles. The van der Waals surface area contributed by atoms with Crippen LogP contribution in [0.1, 0.15) is 24.1 Å². The highest BCUT2D eigenvalue weighted by Crippen LogP contribution is 2.27. The van der Waals surface area contributed by atoms with Crippen molar-refractivity contribution in [3.8, 4) is 11.5 Å². The molecule has 2 amide bonds. The maximum Gasteiger partial charge on any atom is 0.315 e. The van der Waals surface area contributed by atoms with Crippen molar-refractivity contribution < 1.29 is 23.0 Å². The average molecular weight is 364 g/mol. The zero-order valence-electron chi connectivity index (χ0n) is 14.9. The number of methoxy groups -OCH3 is 2. The summed E-state index contributed by atoms with van der Waals surface area (Å²) in [6.07, 6.45) is 0.604. The van der Waals surface area contributed by atoms with E-state index in [-0.39, 0.29) is 6.03 Å². The smallest absolute Gasteiger partial charge is 0.315 e. The van der Waals surface area contributed by atoms with Crippen molar-refractivity contribution in [1.82, 2.24) is 10.6 Å². The van der Waals surface area contributed by atoms with Gasteiger partial charge in [0.05, 0.1) is 20.3 Å². The molecule has 26 heavy (non-hydrogen) atoms. The standard InChI is InChI=1S/C19H22F2N2O3/c1-12(14-5-6-15(20)16(21)11-14)23-19(24)22-9-8-13-4-7-17(25-2)18(10-13)26-3/h4-7,10-12H,8-9H2,1-3H3,(H2,22,23,24)/t12-/m0/s1. The Bertz CT molecular complexity index is 768. The minimum atomic E-state index is -0.940. The number of halogens is 2. The third-order valence-corrected chi connectivity index (χ3v) is 3.94. The fourth-order valence-electron chi connectivity index (χ4n) is 2.47. The van der Waals surface area contributed by atoms with Gasteiger partial charge in [-0.05, 0) is 48.7 Å². The summed E-state index contributed by atoms with van der Waals surface area (Å²) < 4.78 is 36.6. The minimum absolute atomic E-state index is 0.386. The van der Waals surface area contributed by atoms with E-state index in [0.29, 0.717) is 30.0 Å². The molecule has 2 N–H and O–H groups in total. The predicted molar refractivity (Wildman–Crippen MR) is 94.6 cm³/mol. The van der Waals surface area contributed by atoms with E-state index in [4.69, 9.17) is 9.47 Å². The van der Waals surface area contributed by atoms with Gasteiger partial charge < -0.3 is 20.1 Å². The first-order valence-corrected chi connectivity index (χ1v) is 8.14.